The molecule has 1 aliphatic rings. The predicted molar refractivity (Wildman–Crippen MR) is 133 cm³/mol. The molecule has 8 nitrogen and oxygen atoms in total. The number of methoxy groups -OCH3 is 1. The molecule has 184 valence electrons. The highest BCUT2D eigenvalue weighted by molar-refractivity contribution is 7.89. The second-order valence-electron chi connectivity index (χ2n) is 8.47. The number of hydrogen-bond donors (Lipinski definition) is 1. The Morgan fingerprint density at radius 2 is 1.66 bits per heavy atom. The summed E-state index contributed by atoms with van der Waals surface area (Å²) in [4.78, 5) is 25.4. The maximum absolute atomic E-state index is 13.0. The smallest absolute Gasteiger partial charge is 0.342 e. The van der Waals surface area contributed by atoms with Gasteiger partial charge in [0.1, 0.15) is 11.3 Å². The average molecular weight is 497 g/mol. The summed E-state index contributed by atoms with van der Waals surface area (Å²) in [6.45, 7) is 2.22. The zero-order valence-corrected chi connectivity index (χ0v) is 20.6. The van der Waals surface area contributed by atoms with Crippen molar-refractivity contribution < 1.29 is 27.5 Å². The fraction of sp³-hybridized carbons (Fsp3) is 0.308. The highest BCUT2D eigenvalue weighted by atomic mass is 32.2. The normalized spacial score (nSPS) is 14.5. The molecule has 9 heteroatoms. The van der Waals surface area contributed by atoms with Crippen molar-refractivity contribution in [3.8, 4) is 5.75 Å². The van der Waals surface area contributed by atoms with E-state index in [4.69, 9.17) is 9.47 Å². The SMILES string of the molecule is COc1cc2ccccc2cc1C(=O)OCC(=O)Nc1cc(S(=O)(=O)N2CCCCC2)ccc1C. The van der Waals surface area contributed by atoms with Crippen molar-refractivity contribution >= 4 is 38.4 Å². The van der Waals surface area contributed by atoms with Crippen molar-refractivity contribution in [3.63, 3.8) is 0 Å². The Morgan fingerprint density at radius 1 is 0.971 bits per heavy atom. The van der Waals surface area contributed by atoms with Gasteiger partial charge in [0.2, 0.25) is 10.0 Å². The lowest BCUT2D eigenvalue weighted by Crippen LogP contribution is -2.35. The molecule has 0 atom stereocenters. The number of esters is 1. The molecule has 1 N–H and O–H groups in total. The van der Waals surface area contributed by atoms with E-state index in [9.17, 15) is 18.0 Å². The second kappa shape index (κ2) is 10.5. The van der Waals surface area contributed by atoms with Gasteiger partial charge in [-0.15, -0.1) is 0 Å². The molecule has 0 aliphatic carbocycles. The third-order valence-corrected chi connectivity index (χ3v) is 7.95. The van der Waals surface area contributed by atoms with Crippen molar-refractivity contribution in [2.45, 2.75) is 31.1 Å². The topological polar surface area (TPSA) is 102 Å². The van der Waals surface area contributed by atoms with Crippen LogP contribution in [0.15, 0.2) is 59.5 Å². The lowest BCUT2D eigenvalue weighted by molar-refractivity contribution is -0.119. The van der Waals surface area contributed by atoms with Crippen LogP contribution in [0.4, 0.5) is 5.69 Å². The van der Waals surface area contributed by atoms with Crippen LogP contribution in [-0.2, 0) is 19.6 Å². The standard InChI is InChI=1S/C26H28N2O6S/c1-18-10-11-21(35(31,32)28-12-6-3-7-13-28)16-23(18)27-25(29)17-34-26(30)22-14-19-8-4-5-9-20(19)15-24(22)33-2/h4-5,8-11,14-16H,3,6-7,12-13,17H2,1-2H3,(H,27,29). The number of nitrogens with zero attached hydrogens (tertiary/aromatic N) is 1. The van der Waals surface area contributed by atoms with Crippen LogP contribution in [0.25, 0.3) is 10.8 Å². The van der Waals surface area contributed by atoms with Crippen LogP contribution in [-0.4, -0.2) is 51.4 Å². The van der Waals surface area contributed by atoms with Crippen LogP contribution >= 0.6 is 0 Å². The summed E-state index contributed by atoms with van der Waals surface area (Å²) < 4.78 is 38.0. The molecule has 1 fully saturated rings. The number of benzene rings is 3. The minimum Gasteiger partial charge on any atom is -0.496 e. The summed E-state index contributed by atoms with van der Waals surface area (Å²) in [7, 11) is -2.18. The maximum atomic E-state index is 13.0. The number of carbonyl (C=O) groups is 2. The van der Waals surface area contributed by atoms with Crippen LogP contribution in [0.1, 0.15) is 35.2 Å². The Hall–Kier alpha value is -3.43. The molecule has 3 aromatic rings. The van der Waals surface area contributed by atoms with Crippen LogP contribution in [0.5, 0.6) is 5.75 Å². The lowest BCUT2D eigenvalue weighted by Gasteiger charge is -2.26. The van der Waals surface area contributed by atoms with Gasteiger partial charge in [-0.3, -0.25) is 4.79 Å². The lowest BCUT2D eigenvalue weighted by atomic mass is 10.1. The molecule has 35 heavy (non-hydrogen) atoms. The van der Waals surface area contributed by atoms with E-state index < -0.39 is 28.5 Å². The number of hydrogen-bond acceptors (Lipinski definition) is 6. The largest absolute Gasteiger partial charge is 0.496 e. The van der Waals surface area contributed by atoms with Gasteiger partial charge < -0.3 is 14.8 Å². The van der Waals surface area contributed by atoms with Gasteiger partial charge in [0.05, 0.1) is 12.0 Å². The van der Waals surface area contributed by atoms with Crippen molar-refractivity contribution in [2.24, 2.45) is 0 Å². The van der Waals surface area contributed by atoms with Crippen molar-refractivity contribution in [1.29, 1.82) is 0 Å². The number of nitrogens with one attached hydrogen (secondary N) is 1. The minimum absolute atomic E-state index is 0.123. The number of rotatable bonds is 7. The Kier molecular flexibility index (Phi) is 7.37. The Bertz CT molecular complexity index is 1360. The molecule has 1 heterocycles. The van der Waals surface area contributed by atoms with Gasteiger partial charge >= 0.3 is 5.97 Å². The zero-order valence-electron chi connectivity index (χ0n) is 19.7. The molecular formula is C26H28N2O6S. The summed E-state index contributed by atoms with van der Waals surface area (Å²) >= 11 is 0. The van der Waals surface area contributed by atoms with Gasteiger partial charge in [-0.1, -0.05) is 36.8 Å². The van der Waals surface area contributed by atoms with Crippen LogP contribution in [0, 0.1) is 6.92 Å². The zero-order chi connectivity index (χ0) is 25.0. The molecular weight excluding hydrogens is 468 g/mol. The van der Waals surface area contributed by atoms with Gasteiger partial charge in [0.15, 0.2) is 6.61 Å². The van der Waals surface area contributed by atoms with Crippen LogP contribution in [0.2, 0.25) is 0 Å². The van der Waals surface area contributed by atoms with Gasteiger partial charge in [-0.25, -0.2) is 13.2 Å². The molecule has 1 saturated heterocycles. The number of amides is 1. The molecule has 0 aromatic heterocycles. The molecule has 1 aliphatic heterocycles. The van der Waals surface area contributed by atoms with Gasteiger partial charge in [-0.2, -0.15) is 4.31 Å². The first kappa shape index (κ1) is 24.7. The van der Waals surface area contributed by atoms with E-state index in [0.29, 0.717) is 30.1 Å². The number of aryl methyl sites for hydroxylation is 1. The number of carbonyl (C=O) groups excluding carboxylic acids is 2. The number of fused-ring (bicyclic) bond motifs is 1. The summed E-state index contributed by atoms with van der Waals surface area (Å²) in [5.41, 5.74) is 1.26. The molecule has 0 unspecified atom stereocenters. The highest BCUT2D eigenvalue weighted by Gasteiger charge is 2.26. The third-order valence-electron chi connectivity index (χ3n) is 6.06. The van der Waals surface area contributed by atoms with E-state index >= 15 is 0 Å². The third kappa shape index (κ3) is 5.47. The number of sulfonamides is 1. The first-order chi connectivity index (χ1) is 16.8. The van der Waals surface area contributed by atoms with E-state index in [0.717, 1.165) is 30.0 Å². The van der Waals surface area contributed by atoms with E-state index in [1.807, 2.05) is 24.3 Å². The van der Waals surface area contributed by atoms with E-state index in [2.05, 4.69) is 5.32 Å². The fourth-order valence-corrected chi connectivity index (χ4v) is 5.64. The summed E-state index contributed by atoms with van der Waals surface area (Å²) in [5.74, 6) is -0.921. The molecule has 1 amide bonds. The van der Waals surface area contributed by atoms with Crippen LogP contribution < -0.4 is 10.1 Å². The summed E-state index contributed by atoms with van der Waals surface area (Å²) in [6.07, 6.45) is 2.69. The molecule has 0 spiro atoms. The first-order valence-corrected chi connectivity index (χ1v) is 12.9. The molecule has 3 aromatic carbocycles. The van der Waals surface area contributed by atoms with E-state index in [-0.39, 0.29) is 10.5 Å². The molecule has 0 bridgehead atoms. The fourth-order valence-electron chi connectivity index (χ4n) is 4.09. The van der Waals surface area contributed by atoms with Crippen LogP contribution in [0.3, 0.4) is 0 Å². The Morgan fingerprint density at radius 3 is 2.34 bits per heavy atom. The van der Waals surface area contributed by atoms with Gasteiger partial charge in [-0.05, 0) is 60.4 Å². The monoisotopic (exact) mass is 496 g/mol. The maximum Gasteiger partial charge on any atom is 0.342 e. The number of ether oxygens (including phenoxy) is 2. The van der Waals surface area contributed by atoms with E-state index in [1.165, 1.54) is 17.5 Å². The van der Waals surface area contributed by atoms with Crippen molar-refractivity contribution in [2.75, 3.05) is 32.1 Å². The average Bonchev–Trinajstić information content (AvgIpc) is 2.88. The number of anilines is 1. The Balaban J connectivity index is 1.45. The molecule has 0 radical (unpaired) electrons. The predicted octanol–water partition coefficient (Wildman–Crippen LogP) is 4.13. The van der Waals surface area contributed by atoms with Gasteiger partial charge in [0, 0.05) is 18.8 Å². The minimum atomic E-state index is -3.64. The molecule has 0 saturated carbocycles. The first-order valence-electron chi connectivity index (χ1n) is 11.4. The van der Waals surface area contributed by atoms with Crippen molar-refractivity contribution in [1.82, 2.24) is 4.31 Å². The van der Waals surface area contributed by atoms with Gasteiger partial charge in [0.25, 0.3) is 5.91 Å². The van der Waals surface area contributed by atoms with Crippen molar-refractivity contribution in [3.05, 3.63) is 65.7 Å². The number of piperidine rings is 1. The molecule has 4 rings (SSSR count). The quantitative estimate of drug-likeness (QED) is 0.494. The Labute approximate surface area is 204 Å². The van der Waals surface area contributed by atoms with E-state index in [1.54, 1.807) is 31.2 Å². The highest BCUT2D eigenvalue weighted by Crippen LogP contribution is 2.27. The second-order valence-corrected chi connectivity index (χ2v) is 10.4. The summed E-state index contributed by atoms with van der Waals surface area (Å²) in [6, 6.07) is 15.6. The summed E-state index contributed by atoms with van der Waals surface area (Å²) in [5, 5.41) is 4.41.